The molecule has 0 aromatic carbocycles. The summed E-state index contributed by atoms with van der Waals surface area (Å²) in [4.78, 5) is 22.8. The van der Waals surface area contributed by atoms with E-state index >= 15 is 0 Å². The minimum absolute atomic E-state index is 0.0602. The van der Waals surface area contributed by atoms with Crippen LogP contribution in [0.25, 0.3) is 0 Å². The van der Waals surface area contributed by atoms with E-state index in [1.54, 1.807) is 0 Å². The van der Waals surface area contributed by atoms with E-state index in [0.29, 0.717) is 6.61 Å². The van der Waals surface area contributed by atoms with Crippen molar-refractivity contribution in [3.05, 3.63) is 0 Å². The maximum Gasteiger partial charge on any atom is 0.307 e. The molecule has 0 aliphatic rings. The van der Waals surface area contributed by atoms with E-state index in [-0.39, 0.29) is 25.4 Å². The predicted molar refractivity (Wildman–Crippen MR) is 101 cm³/mol. The summed E-state index contributed by atoms with van der Waals surface area (Å²) >= 11 is 0. The Hall–Kier alpha value is -1.50. The van der Waals surface area contributed by atoms with Gasteiger partial charge in [-0.15, -0.1) is 0 Å². The van der Waals surface area contributed by atoms with Crippen LogP contribution in [0.5, 0.6) is 0 Å². The van der Waals surface area contributed by atoms with Gasteiger partial charge in [0.15, 0.2) is 6.61 Å². The second-order valence-electron chi connectivity index (χ2n) is 6.31. The van der Waals surface area contributed by atoms with Gasteiger partial charge < -0.3 is 9.47 Å². The summed E-state index contributed by atoms with van der Waals surface area (Å²) in [6.45, 7) is 4.80. The van der Waals surface area contributed by atoms with Crippen LogP contribution < -0.4 is 0 Å². The lowest BCUT2D eigenvalue weighted by molar-refractivity contribution is -0.149. The highest BCUT2D eigenvalue weighted by molar-refractivity contribution is 5.77. The molecule has 0 amide bonds. The minimum atomic E-state index is -0.395. The van der Waals surface area contributed by atoms with Crippen LogP contribution in [-0.2, 0) is 19.1 Å². The van der Waals surface area contributed by atoms with Crippen molar-refractivity contribution in [2.24, 2.45) is 0 Å². The fourth-order valence-corrected chi connectivity index (χ4v) is 2.28. The molecule has 0 aromatic heterocycles. The standard InChI is InChI=1S/C21H36O4/c1-3-5-7-8-9-10-11-12-13-14-15-19-25-21(23)17-16-20(22)24-18-6-4-2/h3-13,16-19H2,1-2H3. The Labute approximate surface area is 154 Å². The van der Waals surface area contributed by atoms with Gasteiger partial charge in [-0.3, -0.25) is 9.59 Å². The highest BCUT2D eigenvalue weighted by atomic mass is 16.5. The molecular formula is C21H36O4. The molecule has 4 heteroatoms. The first kappa shape index (κ1) is 23.5. The van der Waals surface area contributed by atoms with Gasteiger partial charge in [-0.2, -0.15) is 0 Å². The Balaban J connectivity index is 3.42. The van der Waals surface area contributed by atoms with Crippen LogP contribution in [0.2, 0.25) is 0 Å². The van der Waals surface area contributed by atoms with Crippen LogP contribution in [0.1, 0.15) is 97.3 Å². The molecule has 0 saturated heterocycles. The molecule has 0 N–H and O–H groups in total. The van der Waals surface area contributed by atoms with Crippen molar-refractivity contribution >= 4 is 11.9 Å². The summed E-state index contributed by atoms with van der Waals surface area (Å²) in [5, 5.41) is 0. The Morgan fingerprint density at radius 1 is 0.680 bits per heavy atom. The van der Waals surface area contributed by atoms with E-state index in [1.807, 2.05) is 6.92 Å². The largest absolute Gasteiger partial charge is 0.466 e. The summed E-state index contributed by atoms with van der Waals surface area (Å²) < 4.78 is 9.96. The SMILES string of the molecule is CCCCCCCCCCC#CCOC(=O)CCC(=O)OCCCC. The molecule has 0 spiro atoms. The Morgan fingerprint density at radius 2 is 1.24 bits per heavy atom. The van der Waals surface area contributed by atoms with E-state index in [9.17, 15) is 9.59 Å². The number of carbonyl (C=O) groups excluding carboxylic acids is 2. The lowest BCUT2D eigenvalue weighted by Crippen LogP contribution is -2.11. The van der Waals surface area contributed by atoms with Gasteiger partial charge in [0, 0.05) is 6.42 Å². The zero-order chi connectivity index (χ0) is 18.6. The maximum absolute atomic E-state index is 11.5. The van der Waals surface area contributed by atoms with Gasteiger partial charge in [0.2, 0.25) is 0 Å². The van der Waals surface area contributed by atoms with Gasteiger partial charge in [0.1, 0.15) is 0 Å². The van der Waals surface area contributed by atoms with Gasteiger partial charge in [0.25, 0.3) is 0 Å². The zero-order valence-electron chi connectivity index (χ0n) is 16.2. The van der Waals surface area contributed by atoms with Gasteiger partial charge in [-0.25, -0.2) is 0 Å². The van der Waals surface area contributed by atoms with Crippen molar-refractivity contribution in [1.82, 2.24) is 0 Å². The van der Waals surface area contributed by atoms with Crippen molar-refractivity contribution in [2.75, 3.05) is 13.2 Å². The summed E-state index contributed by atoms with van der Waals surface area (Å²) in [7, 11) is 0. The third-order valence-electron chi connectivity index (χ3n) is 3.88. The molecule has 0 radical (unpaired) electrons. The lowest BCUT2D eigenvalue weighted by atomic mass is 10.1. The fourth-order valence-electron chi connectivity index (χ4n) is 2.28. The molecule has 0 rings (SSSR count). The van der Waals surface area contributed by atoms with Gasteiger partial charge >= 0.3 is 11.9 Å². The first-order valence-corrected chi connectivity index (χ1v) is 9.97. The number of carbonyl (C=O) groups is 2. The molecule has 4 nitrogen and oxygen atoms in total. The Kier molecular flexibility index (Phi) is 17.7. The molecule has 0 heterocycles. The number of rotatable bonds is 15. The van der Waals surface area contributed by atoms with Crippen LogP contribution in [0.4, 0.5) is 0 Å². The van der Waals surface area contributed by atoms with Crippen LogP contribution in [0.15, 0.2) is 0 Å². The minimum Gasteiger partial charge on any atom is -0.466 e. The molecule has 0 saturated carbocycles. The predicted octanol–water partition coefficient (Wildman–Crippen LogP) is 5.19. The number of ether oxygens (including phenoxy) is 2. The first-order valence-electron chi connectivity index (χ1n) is 9.97. The summed E-state index contributed by atoms with van der Waals surface area (Å²) in [6.07, 6.45) is 13.1. The van der Waals surface area contributed by atoms with Crippen LogP contribution in [-0.4, -0.2) is 25.2 Å². The number of hydrogen-bond donors (Lipinski definition) is 0. The Morgan fingerprint density at radius 3 is 1.88 bits per heavy atom. The number of esters is 2. The van der Waals surface area contributed by atoms with Crippen molar-refractivity contribution in [1.29, 1.82) is 0 Å². The van der Waals surface area contributed by atoms with Crippen molar-refractivity contribution < 1.29 is 19.1 Å². The second-order valence-corrected chi connectivity index (χ2v) is 6.31. The molecule has 25 heavy (non-hydrogen) atoms. The molecule has 144 valence electrons. The molecule has 0 fully saturated rings. The topological polar surface area (TPSA) is 52.6 Å². The summed E-state index contributed by atoms with van der Waals surface area (Å²) in [5.74, 6) is 5.15. The number of unbranched alkanes of at least 4 members (excludes halogenated alkanes) is 9. The molecule has 0 bridgehead atoms. The fraction of sp³-hybridized carbons (Fsp3) is 0.810. The van der Waals surface area contributed by atoms with E-state index in [1.165, 1.54) is 44.9 Å². The van der Waals surface area contributed by atoms with Gasteiger partial charge in [-0.1, -0.05) is 77.1 Å². The summed E-state index contributed by atoms with van der Waals surface area (Å²) in [5.41, 5.74) is 0. The molecule has 0 aliphatic carbocycles. The highest BCUT2D eigenvalue weighted by Gasteiger charge is 2.08. The quantitative estimate of drug-likeness (QED) is 0.231. The molecule has 0 aliphatic heterocycles. The third kappa shape index (κ3) is 18.7. The summed E-state index contributed by atoms with van der Waals surface area (Å²) in [6, 6.07) is 0. The van der Waals surface area contributed by atoms with Gasteiger partial charge in [-0.05, 0) is 12.8 Å². The van der Waals surface area contributed by atoms with Crippen molar-refractivity contribution in [3.63, 3.8) is 0 Å². The van der Waals surface area contributed by atoms with Gasteiger partial charge in [0.05, 0.1) is 19.4 Å². The van der Waals surface area contributed by atoms with Crippen molar-refractivity contribution in [2.45, 2.75) is 97.3 Å². The normalized spacial score (nSPS) is 10.0. The maximum atomic E-state index is 11.5. The molecule has 0 atom stereocenters. The average Bonchev–Trinajstić information content (AvgIpc) is 2.61. The molecule has 0 aromatic rings. The van der Waals surface area contributed by atoms with Crippen molar-refractivity contribution in [3.8, 4) is 11.8 Å². The highest BCUT2D eigenvalue weighted by Crippen LogP contribution is 2.09. The number of hydrogen-bond acceptors (Lipinski definition) is 4. The van der Waals surface area contributed by atoms with Crippen LogP contribution in [0, 0.1) is 11.8 Å². The molecule has 0 unspecified atom stereocenters. The monoisotopic (exact) mass is 352 g/mol. The van der Waals surface area contributed by atoms with E-state index < -0.39 is 5.97 Å². The first-order chi connectivity index (χ1) is 12.2. The van der Waals surface area contributed by atoms with E-state index in [2.05, 4.69) is 18.8 Å². The Bertz CT molecular complexity index is 392. The third-order valence-corrected chi connectivity index (χ3v) is 3.88. The zero-order valence-corrected chi connectivity index (χ0v) is 16.2. The molecular weight excluding hydrogens is 316 g/mol. The van der Waals surface area contributed by atoms with Crippen LogP contribution >= 0.6 is 0 Å². The van der Waals surface area contributed by atoms with Crippen LogP contribution in [0.3, 0.4) is 0 Å². The smallest absolute Gasteiger partial charge is 0.307 e. The lowest BCUT2D eigenvalue weighted by Gasteiger charge is -2.03. The second kappa shape index (κ2) is 18.8. The average molecular weight is 353 g/mol. The van der Waals surface area contributed by atoms with E-state index in [4.69, 9.17) is 9.47 Å². The van der Waals surface area contributed by atoms with E-state index in [0.717, 1.165) is 25.7 Å².